The molecule has 0 saturated heterocycles. The molecular weight excluding hydrogens is 398 g/mol. The summed E-state index contributed by atoms with van der Waals surface area (Å²) in [5, 5.41) is 1.05. The molecule has 0 fully saturated rings. The van der Waals surface area contributed by atoms with Crippen LogP contribution in [0.15, 0.2) is 53.3 Å². The first kappa shape index (κ1) is 22.0. The Kier molecular flexibility index (Phi) is 7.27. The van der Waals surface area contributed by atoms with E-state index in [9.17, 15) is 9.59 Å². The Labute approximate surface area is 182 Å². The van der Waals surface area contributed by atoms with Gasteiger partial charge in [0.15, 0.2) is 0 Å². The van der Waals surface area contributed by atoms with Crippen molar-refractivity contribution >= 4 is 28.4 Å². The van der Waals surface area contributed by atoms with E-state index in [1.54, 1.807) is 29.8 Å². The molecule has 1 atom stereocenters. The normalized spacial score (nSPS) is 12.1. The predicted molar refractivity (Wildman–Crippen MR) is 122 cm³/mol. The summed E-state index contributed by atoms with van der Waals surface area (Å²) in [7, 11) is 1.71. The lowest BCUT2D eigenvalue weighted by Crippen LogP contribution is -2.38. The molecule has 1 aromatic heterocycles. The fraction of sp³-hybridized carbons (Fsp3) is 0.375. The number of hydrogen-bond acceptors (Lipinski definition) is 3. The summed E-state index contributed by atoms with van der Waals surface area (Å²) < 4.78 is 1.55. The molecule has 0 bridgehead atoms. The Morgan fingerprint density at radius 1 is 1.20 bits per heavy atom. The van der Waals surface area contributed by atoms with Crippen molar-refractivity contribution in [1.82, 2.24) is 14.5 Å². The molecule has 0 saturated carbocycles. The molecule has 0 aliphatic heterocycles. The molecule has 0 spiro atoms. The number of carbonyl (C=O) groups is 1. The minimum absolute atomic E-state index is 0.0840. The van der Waals surface area contributed by atoms with Crippen LogP contribution < -0.4 is 5.56 Å². The lowest BCUT2D eigenvalue weighted by atomic mass is 10.1. The Morgan fingerprint density at radius 2 is 1.93 bits per heavy atom. The monoisotopic (exact) mass is 425 g/mol. The minimum Gasteiger partial charge on any atom is -0.332 e. The molecule has 0 radical (unpaired) electrons. The van der Waals surface area contributed by atoms with Gasteiger partial charge < -0.3 is 4.90 Å². The van der Waals surface area contributed by atoms with Gasteiger partial charge in [0.05, 0.1) is 16.9 Å². The summed E-state index contributed by atoms with van der Waals surface area (Å²) in [6.45, 7) is 4.58. The maximum Gasteiger partial charge on any atom is 0.261 e. The van der Waals surface area contributed by atoms with Crippen LogP contribution in [0.2, 0.25) is 5.02 Å². The van der Waals surface area contributed by atoms with Gasteiger partial charge in [0.2, 0.25) is 5.91 Å². The number of carbonyl (C=O) groups excluding carboxylic acids is 1. The molecule has 1 amide bonds. The van der Waals surface area contributed by atoms with E-state index < -0.39 is 0 Å². The standard InChI is InChI=1S/C24H28ClN3O2/c1-4-5-11-22(29)28(15-14-18-9-7-6-8-10-18)17(2)23-26-21-16-19(25)12-13-20(21)24(30)27(23)3/h6-10,12-13,16-17H,4-5,11,14-15H2,1-3H3. The van der Waals surface area contributed by atoms with E-state index in [-0.39, 0.29) is 17.5 Å². The molecular formula is C24H28ClN3O2. The van der Waals surface area contributed by atoms with Gasteiger partial charge in [-0.3, -0.25) is 14.2 Å². The zero-order valence-corrected chi connectivity index (χ0v) is 18.5. The van der Waals surface area contributed by atoms with Crippen molar-refractivity contribution in [2.45, 2.75) is 45.6 Å². The Balaban J connectivity index is 1.96. The van der Waals surface area contributed by atoms with Crippen molar-refractivity contribution in [1.29, 1.82) is 0 Å². The predicted octanol–water partition coefficient (Wildman–Crippen LogP) is 4.91. The van der Waals surface area contributed by atoms with E-state index in [4.69, 9.17) is 16.6 Å². The van der Waals surface area contributed by atoms with Gasteiger partial charge in [-0.1, -0.05) is 55.3 Å². The van der Waals surface area contributed by atoms with E-state index >= 15 is 0 Å². The molecule has 0 aliphatic rings. The number of halogens is 1. The van der Waals surface area contributed by atoms with Crippen molar-refractivity contribution in [2.75, 3.05) is 6.54 Å². The molecule has 3 aromatic rings. The highest BCUT2D eigenvalue weighted by atomic mass is 35.5. The maximum absolute atomic E-state index is 13.0. The second kappa shape index (κ2) is 9.90. The molecule has 6 heteroatoms. The van der Waals surface area contributed by atoms with E-state index in [2.05, 4.69) is 19.1 Å². The largest absolute Gasteiger partial charge is 0.332 e. The average Bonchev–Trinajstić information content (AvgIpc) is 2.75. The first-order valence-corrected chi connectivity index (χ1v) is 10.8. The van der Waals surface area contributed by atoms with Crippen LogP contribution in [0.5, 0.6) is 0 Å². The Hall–Kier alpha value is -2.66. The van der Waals surface area contributed by atoms with Crippen molar-refractivity contribution in [3.8, 4) is 0 Å². The Morgan fingerprint density at radius 3 is 2.63 bits per heavy atom. The summed E-state index contributed by atoms with van der Waals surface area (Å²) in [5.74, 6) is 0.647. The minimum atomic E-state index is -0.334. The van der Waals surface area contributed by atoms with E-state index in [0.29, 0.717) is 34.7 Å². The van der Waals surface area contributed by atoms with Crippen LogP contribution in [0.3, 0.4) is 0 Å². The average molecular weight is 426 g/mol. The maximum atomic E-state index is 13.0. The Bertz CT molecular complexity index is 1080. The zero-order valence-electron chi connectivity index (χ0n) is 17.8. The summed E-state index contributed by atoms with van der Waals surface area (Å²) in [4.78, 5) is 32.5. The van der Waals surface area contributed by atoms with Crippen molar-refractivity contribution in [3.63, 3.8) is 0 Å². The van der Waals surface area contributed by atoms with Crippen LogP contribution in [0.1, 0.15) is 50.5 Å². The van der Waals surface area contributed by atoms with Crippen molar-refractivity contribution < 1.29 is 4.79 Å². The number of amides is 1. The van der Waals surface area contributed by atoms with Crippen molar-refractivity contribution in [3.05, 3.63) is 75.3 Å². The number of nitrogens with zero attached hydrogens (tertiary/aromatic N) is 3. The van der Waals surface area contributed by atoms with Gasteiger partial charge in [-0.05, 0) is 43.5 Å². The molecule has 0 N–H and O–H groups in total. The van der Waals surface area contributed by atoms with Gasteiger partial charge >= 0.3 is 0 Å². The van der Waals surface area contributed by atoms with Crippen LogP contribution in [-0.2, 0) is 18.3 Å². The SMILES string of the molecule is CCCCC(=O)N(CCc1ccccc1)C(C)c1nc2cc(Cl)ccc2c(=O)n1C. The fourth-order valence-corrected chi connectivity index (χ4v) is 3.84. The first-order chi connectivity index (χ1) is 14.4. The van der Waals surface area contributed by atoms with E-state index in [0.717, 1.165) is 19.3 Å². The lowest BCUT2D eigenvalue weighted by molar-refractivity contribution is -0.133. The number of unbranched alkanes of at least 4 members (excludes halogenated alkanes) is 1. The molecule has 1 heterocycles. The second-order valence-corrected chi connectivity index (χ2v) is 8.03. The van der Waals surface area contributed by atoms with Crippen molar-refractivity contribution in [2.24, 2.45) is 7.05 Å². The molecule has 158 valence electrons. The lowest BCUT2D eigenvalue weighted by Gasteiger charge is -2.30. The topological polar surface area (TPSA) is 55.2 Å². The van der Waals surface area contributed by atoms with Gasteiger partial charge in [-0.2, -0.15) is 0 Å². The van der Waals surface area contributed by atoms with Gasteiger partial charge in [0, 0.05) is 25.0 Å². The quantitative estimate of drug-likeness (QED) is 0.515. The third-order valence-electron chi connectivity index (χ3n) is 5.46. The van der Waals surface area contributed by atoms with E-state index in [1.807, 2.05) is 30.0 Å². The number of aromatic nitrogens is 2. The number of rotatable bonds is 8. The molecule has 30 heavy (non-hydrogen) atoms. The summed E-state index contributed by atoms with van der Waals surface area (Å²) in [5.41, 5.74) is 1.59. The second-order valence-electron chi connectivity index (χ2n) is 7.60. The number of fused-ring (bicyclic) bond motifs is 1. The van der Waals surface area contributed by atoms with Gasteiger partial charge in [-0.25, -0.2) is 4.98 Å². The highest BCUT2D eigenvalue weighted by molar-refractivity contribution is 6.31. The van der Waals surface area contributed by atoms with Crippen LogP contribution in [0.4, 0.5) is 0 Å². The highest BCUT2D eigenvalue weighted by Gasteiger charge is 2.25. The molecule has 2 aromatic carbocycles. The van der Waals surface area contributed by atoms with Crippen LogP contribution in [-0.4, -0.2) is 26.9 Å². The smallest absolute Gasteiger partial charge is 0.261 e. The molecule has 5 nitrogen and oxygen atoms in total. The zero-order chi connectivity index (χ0) is 21.7. The molecule has 0 aliphatic carbocycles. The van der Waals surface area contributed by atoms with Crippen LogP contribution in [0, 0.1) is 0 Å². The summed E-state index contributed by atoms with van der Waals surface area (Å²) in [6.07, 6.45) is 3.03. The van der Waals surface area contributed by atoms with Gasteiger partial charge in [0.25, 0.3) is 5.56 Å². The number of hydrogen-bond donors (Lipinski definition) is 0. The van der Waals surface area contributed by atoms with Crippen LogP contribution >= 0.6 is 11.6 Å². The first-order valence-electron chi connectivity index (χ1n) is 10.4. The summed E-state index contributed by atoms with van der Waals surface area (Å²) in [6, 6.07) is 14.9. The highest BCUT2D eigenvalue weighted by Crippen LogP contribution is 2.23. The van der Waals surface area contributed by atoms with Gasteiger partial charge in [-0.15, -0.1) is 0 Å². The number of benzene rings is 2. The fourth-order valence-electron chi connectivity index (χ4n) is 3.67. The molecule has 3 rings (SSSR count). The summed E-state index contributed by atoms with van der Waals surface area (Å²) >= 11 is 6.12. The van der Waals surface area contributed by atoms with E-state index in [1.165, 1.54) is 5.56 Å². The third kappa shape index (κ3) is 4.90. The third-order valence-corrected chi connectivity index (χ3v) is 5.70. The van der Waals surface area contributed by atoms with Crippen LogP contribution in [0.25, 0.3) is 10.9 Å². The molecule has 1 unspecified atom stereocenters. The van der Waals surface area contributed by atoms with Gasteiger partial charge in [0.1, 0.15) is 5.82 Å².